The van der Waals surface area contributed by atoms with E-state index >= 15 is 0 Å². The van der Waals surface area contributed by atoms with Crippen LogP contribution >= 0.6 is 24.0 Å². The molecule has 1 unspecified atom stereocenters. The van der Waals surface area contributed by atoms with Gasteiger partial charge in [0.2, 0.25) is 0 Å². The van der Waals surface area contributed by atoms with Crippen LogP contribution in [-0.2, 0) is 4.74 Å². The third-order valence-electron chi connectivity index (χ3n) is 4.48. The van der Waals surface area contributed by atoms with Crippen molar-refractivity contribution in [2.45, 2.75) is 44.8 Å². The number of rotatable bonds is 6. The van der Waals surface area contributed by atoms with Gasteiger partial charge in [-0.2, -0.15) is 13.2 Å². The van der Waals surface area contributed by atoms with Crippen LogP contribution in [-0.4, -0.2) is 69.0 Å². The molecule has 2 heterocycles. The second-order valence-corrected chi connectivity index (χ2v) is 6.57. The largest absolute Gasteiger partial charge is 0.390 e. The lowest BCUT2D eigenvalue weighted by Crippen LogP contribution is -2.49. The van der Waals surface area contributed by atoms with E-state index in [1.807, 2.05) is 6.92 Å². The van der Waals surface area contributed by atoms with Gasteiger partial charge in [0.15, 0.2) is 5.96 Å². The number of piperidine rings is 1. The summed E-state index contributed by atoms with van der Waals surface area (Å²) in [5, 5.41) is 6.31. The molecule has 2 aliphatic rings. The number of halogens is 4. The van der Waals surface area contributed by atoms with Gasteiger partial charge in [-0.05, 0) is 32.1 Å². The molecule has 0 radical (unpaired) electrons. The van der Waals surface area contributed by atoms with E-state index in [-0.39, 0.29) is 36.6 Å². The zero-order valence-corrected chi connectivity index (χ0v) is 17.1. The van der Waals surface area contributed by atoms with Crippen molar-refractivity contribution in [1.29, 1.82) is 0 Å². The fourth-order valence-corrected chi connectivity index (χ4v) is 3.16. The second-order valence-electron chi connectivity index (χ2n) is 6.57. The molecule has 0 aromatic carbocycles. The topological polar surface area (TPSA) is 48.9 Å². The first-order valence-electron chi connectivity index (χ1n) is 8.88. The van der Waals surface area contributed by atoms with Crippen LogP contribution in [0.4, 0.5) is 13.2 Å². The highest BCUT2D eigenvalue weighted by molar-refractivity contribution is 14.0. The maximum atomic E-state index is 12.2. The summed E-state index contributed by atoms with van der Waals surface area (Å²) in [6, 6.07) is 0.268. The molecule has 0 saturated carbocycles. The summed E-state index contributed by atoms with van der Waals surface area (Å²) in [5.41, 5.74) is 0. The number of ether oxygens (including phenoxy) is 1. The van der Waals surface area contributed by atoms with Crippen LogP contribution in [0.5, 0.6) is 0 Å². The van der Waals surface area contributed by atoms with Gasteiger partial charge in [-0.15, -0.1) is 24.0 Å². The lowest BCUT2D eigenvalue weighted by molar-refractivity contribution is -0.132. The minimum Gasteiger partial charge on any atom is -0.381 e. The number of likely N-dealkylation sites (tertiary alicyclic amines) is 1. The highest BCUT2D eigenvalue weighted by atomic mass is 127. The van der Waals surface area contributed by atoms with Gasteiger partial charge in [0, 0.05) is 38.8 Å². The molecule has 0 aliphatic carbocycles. The Morgan fingerprint density at radius 2 is 1.96 bits per heavy atom. The first-order valence-corrected chi connectivity index (χ1v) is 8.88. The SMILES string of the molecule is CCNC(=NCCC(F)(F)F)NC1CCN(CC2CCOC2)CC1.I. The summed E-state index contributed by atoms with van der Waals surface area (Å²) in [4.78, 5) is 6.50. The van der Waals surface area contributed by atoms with Crippen LogP contribution in [0.2, 0.25) is 0 Å². The van der Waals surface area contributed by atoms with E-state index in [1.54, 1.807) is 0 Å². The maximum absolute atomic E-state index is 12.2. The summed E-state index contributed by atoms with van der Waals surface area (Å²) in [6.45, 7) is 7.17. The van der Waals surface area contributed by atoms with E-state index in [0.717, 1.165) is 52.1 Å². The lowest BCUT2D eigenvalue weighted by Gasteiger charge is -2.34. The fraction of sp³-hybridized carbons (Fsp3) is 0.938. The minimum absolute atomic E-state index is 0. The van der Waals surface area contributed by atoms with Crippen molar-refractivity contribution in [3.63, 3.8) is 0 Å². The monoisotopic (exact) mass is 478 g/mol. The smallest absolute Gasteiger partial charge is 0.381 e. The van der Waals surface area contributed by atoms with Crippen molar-refractivity contribution in [2.24, 2.45) is 10.9 Å². The lowest BCUT2D eigenvalue weighted by atomic mass is 10.0. The Hall–Kier alpha value is -0.290. The van der Waals surface area contributed by atoms with Crippen LogP contribution in [0.3, 0.4) is 0 Å². The summed E-state index contributed by atoms with van der Waals surface area (Å²) >= 11 is 0. The normalized spacial score (nSPS) is 23.4. The van der Waals surface area contributed by atoms with Gasteiger partial charge >= 0.3 is 6.18 Å². The van der Waals surface area contributed by atoms with E-state index in [0.29, 0.717) is 18.4 Å². The molecule has 2 N–H and O–H groups in total. The van der Waals surface area contributed by atoms with Gasteiger partial charge in [0.05, 0.1) is 19.6 Å². The molecule has 148 valence electrons. The Balaban J connectivity index is 0.00000312. The van der Waals surface area contributed by atoms with Gasteiger partial charge in [-0.25, -0.2) is 0 Å². The van der Waals surface area contributed by atoms with E-state index in [2.05, 4.69) is 20.5 Å². The third kappa shape index (κ3) is 9.28. The zero-order valence-electron chi connectivity index (χ0n) is 14.8. The summed E-state index contributed by atoms with van der Waals surface area (Å²) in [6.07, 6.45) is -1.93. The molecule has 25 heavy (non-hydrogen) atoms. The summed E-state index contributed by atoms with van der Waals surface area (Å²) in [5.74, 6) is 1.14. The van der Waals surface area contributed by atoms with Crippen molar-refractivity contribution in [2.75, 3.05) is 45.9 Å². The first kappa shape index (κ1) is 22.8. The Bertz CT molecular complexity index is 395. The molecule has 5 nitrogen and oxygen atoms in total. The van der Waals surface area contributed by atoms with Gasteiger partial charge < -0.3 is 20.3 Å². The molecule has 2 saturated heterocycles. The zero-order chi connectivity index (χ0) is 17.4. The first-order chi connectivity index (χ1) is 11.5. The number of hydrogen-bond donors (Lipinski definition) is 2. The van der Waals surface area contributed by atoms with Crippen molar-refractivity contribution in [3.8, 4) is 0 Å². The average Bonchev–Trinajstić information content (AvgIpc) is 3.01. The standard InChI is InChI=1S/C16H29F3N4O.HI/c1-2-20-15(21-7-6-16(17,18)19)22-14-3-8-23(9-4-14)11-13-5-10-24-12-13;/h13-14H,2-12H2,1H3,(H2,20,21,22);1H. The van der Waals surface area contributed by atoms with E-state index < -0.39 is 12.6 Å². The Morgan fingerprint density at radius 3 is 2.52 bits per heavy atom. The molecule has 0 aromatic heterocycles. The van der Waals surface area contributed by atoms with Crippen LogP contribution in [0, 0.1) is 5.92 Å². The number of hydrogen-bond acceptors (Lipinski definition) is 3. The molecule has 0 spiro atoms. The fourth-order valence-electron chi connectivity index (χ4n) is 3.16. The highest BCUT2D eigenvalue weighted by Crippen LogP contribution is 2.19. The molecule has 2 aliphatic heterocycles. The highest BCUT2D eigenvalue weighted by Gasteiger charge is 2.27. The number of nitrogens with zero attached hydrogens (tertiary/aromatic N) is 2. The van der Waals surface area contributed by atoms with Crippen molar-refractivity contribution in [1.82, 2.24) is 15.5 Å². The molecular weight excluding hydrogens is 448 g/mol. The van der Waals surface area contributed by atoms with Gasteiger partial charge in [0.1, 0.15) is 0 Å². The van der Waals surface area contributed by atoms with E-state index in [1.165, 1.54) is 0 Å². The Morgan fingerprint density at radius 1 is 1.24 bits per heavy atom. The number of aliphatic imine (C=N–C) groups is 1. The van der Waals surface area contributed by atoms with Crippen LogP contribution in [0.15, 0.2) is 4.99 Å². The predicted molar refractivity (Wildman–Crippen MR) is 104 cm³/mol. The molecular formula is C16H30F3IN4O. The van der Waals surface area contributed by atoms with E-state index in [9.17, 15) is 13.2 Å². The molecule has 0 aromatic rings. The van der Waals surface area contributed by atoms with Crippen LogP contribution in [0.1, 0.15) is 32.6 Å². The molecule has 0 bridgehead atoms. The molecule has 0 amide bonds. The van der Waals surface area contributed by atoms with Gasteiger partial charge in [-0.3, -0.25) is 4.99 Å². The average molecular weight is 478 g/mol. The Kier molecular flexibility index (Phi) is 10.4. The van der Waals surface area contributed by atoms with E-state index in [4.69, 9.17) is 4.74 Å². The number of nitrogens with one attached hydrogen (secondary N) is 2. The van der Waals surface area contributed by atoms with Crippen LogP contribution < -0.4 is 10.6 Å². The van der Waals surface area contributed by atoms with Crippen molar-refractivity contribution in [3.05, 3.63) is 0 Å². The van der Waals surface area contributed by atoms with Crippen molar-refractivity contribution >= 4 is 29.9 Å². The van der Waals surface area contributed by atoms with Gasteiger partial charge in [-0.1, -0.05) is 0 Å². The minimum atomic E-state index is -4.16. The third-order valence-corrected chi connectivity index (χ3v) is 4.48. The van der Waals surface area contributed by atoms with Crippen LogP contribution in [0.25, 0.3) is 0 Å². The quantitative estimate of drug-likeness (QED) is 0.350. The number of alkyl halides is 3. The summed E-state index contributed by atoms with van der Waals surface area (Å²) < 4.78 is 42.1. The van der Waals surface area contributed by atoms with Crippen molar-refractivity contribution < 1.29 is 17.9 Å². The molecule has 2 fully saturated rings. The second kappa shape index (κ2) is 11.4. The van der Waals surface area contributed by atoms with Gasteiger partial charge in [0.25, 0.3) is 0 Å². The molecule has 1 atom stereocenters. The number of guanidine groups is 1. The maximum Gasteiger partial charge on any atom is 0.390 e. The molecule has 9 heteroatoms. The predicted octanol–water partition coefficient (Wildman–Crippen LogP) is 2.61. The molecule has 2 rings (SSSR count). The Labute approximate surface area is 165 Å². The summed E-state index contributed by atoms with van der Waals surface area (Å²) in [7, 11) is 0.